The Hall–Kier alpha value is -2.24. The van der Waals surface area contributed by atoms with E-state index in [1.165, 1.54) is 20.4 Å². The van der Waals surface area contributed by atoms with Gasteiger partial charge in [0.05, 0.1) is 30.5 Å². The minimum atomic E-state index is -0.390. The second-order valence-electron chi connectivity index (χ2n) is 4.47. The molecule has 23 heavy (non-hydrogen) atoms. The van der Waals surface area contributed by atoms with Gasteiger partial charge in [0.25, 0.3) is 5.91 Å². The second-order valence-corrected chi connectivity index (χ2v) is 5.29. The summed E-state index contributed by atoms with van der Waals surface area (Å²) in [5, 5.41) is 4.76. The third-order valence-electron chi connectivity index (χ3n) is 2.94. The quantitative estimate of drug-likeness (QED) is 0.658. The molecule has 1 amide bonds. The third kappa shape index (κ3) is 4.61. The number of halogens is 2. The summed E-state index contributed by atoms with van der Waals surface area (Å²) in [4.78, 5) is 12.1. The van der Waals surface area contributed by atoms with Crippen molar-refractivity contribution in [1.82, 2.24) is 5.43 Å². The molecule has 1 N–H and O–H groups in total. The number of hydrogen-bond donors (Lipinski definition) is 1. The van der Waals surface area contributed by atoms with Gasteiger partial charge >= 0.3 is 0 Å². The molecule has 2 aromatic rings. The number of carbonyl (C=O) groups is 1. The standard InChI is InChI=1S/C16H14Cl2N2O3/c1-22-12-6-11(7-13(8-12)23-2)16(21)20-19-9-10-3-4-14(17)15(18)5-10/h3-9H,1-2H3,(H,20,21)/b19-9-. The Labute approximate surface area is 143 Å². The smallest absolute Gasteiger partial charge is 0.271 e. The van der Waals surface area contributed by atoms with Crippen LogP contribution in [-0.2, 0) is 0 Å². The Morgan fingerprint density at radius 3 is 2.26 bits per heavy atom. The average molecular weight is 353 g/mol. The van der Waals surface area contributed by atoms with Gasteiger partial charge in [-0.3, -0.25) is 4.79 Å². The molecular weight excluding hydrogens is 339 g/mol. The monoisotopic (exact) mass is 352 g/mol. The van der Waals surface area contributed by atoms with Crippen LogP contribution < -0.4 is 14.9 Å². The predicted octanol–water partition coefficient (Wildman–Crippen LogP) is 3.77. The van der Waals surface area contributed by atoms with Crippen LogP contribution in [0.4, 0.5) is 0 Å². The van der Waals surface area contributed by atoms with Gasteiger partial charge in [-0.1, -0.05) is 29.3 Å². The van der Waals surface area contributed by atoms with Crippen molar-refractivity contribution in [2.75, 3.05) is 14.2 Å². The van der Waals surface area contributed by atoms with Gasteiger partial charge in [-0.2, -0.15) is 5.10 Å². The van der Waals surface area contributed by atoms with Crippen molar-refractivity contribution in [1.29, 1.82) is 0 Å². The molecule has 0 spiro atoms. The summed E-state index contributed by atoms with van der Waals surface area (Å²) in [5.74, 6) is 0.643. The van der Waals surface area contributed by atoms with Gasteiger partial charge in [-0.25, -0.2) is 5.43 Å². The second kappa shape index (κ2) is 7.85. The van der Waals surface area contributed by atoms with Crippen LogP contribution in [-0.4, -0.2) is 26.3 Å². The molecule has 0 aliphatic heterocycles. The van der Waals surface area contributed by atoms with Crippen LogP contribution in [0, 0.1) is 0 Å². The molecule has 2 aromatic carbocycles. The molecule has 0 fully saturated rings. The van der Waals surface area contributed by atoms with Crippen LogP contribution >= 0.6 is 23.2 Å². The van der Waals surface area contributed by atoms with E-state index in [2.05, 4.69) is 10.5 Å². The molecule has 0 saturated carbocycles. The highest BCUT2D eigenvalue weighted by atomic mass is 35.5. The summed E-state index contributed by atoms with van der Waals surface area (Å²) >= 11 is 11.7. The van der Waals surface area contributed by atoms with Gasteiger partial charge in [0.1, 0.15) is 11.5 Å². The largest absolute Gasteiger partial charge is 0.497 e. The molecular formula is C16H14Cl2N2O3. The lowest BCUT2D eigenvalue weighted by atomic mass is 10.2. The Morgan fingerprint density at radius 1 is 1.04 bits per heavy atom. The number of ether oxygens (including phenoxy) is 2. The molecule has 120 valence electrons. The highest BCUT2D eigenvalue weighted by Crippen LogP contribution is 2.23. The maximum absolute atomic E-state index is 12.1. The Balaban J connectivity index is 2.09. The lowest BCUT2D eigenvalue weighted by molar-refractivity contribution is 0.0954. The van der Waals surface area contributed by atoms with Crippen LogP contribution in [0.3, 0.4) is 0 Å². The predicted molar refractivity (Wildman–Crippen MR) is 91.1 cm³/mol. The van der Waals surface area contributed by atoms with Crippen molar-refractivity contribution >= 4 is 35.3 Å². The summed E-state index contributed by atoms with van der Waals surface area (Å²) in [5.41, 5.74) is 3.51. The highest BCUT2D eigenvalue weighted by molar-refractivity contribution is 6.42. The summed E-state index contributed by atoms with van der Waals surface area (Å²) in [6, 6.07) is 9.89. The molecule has 5 nitrogen and oxygen atoms in total. The number of amides is 1. The topological polar surface area (TPSA) is 59.9 Å². The number of methoxy groups -OCH3 is 2. The minimum absolute atomic E-state index is 0.368. The summed E-state index contributed by atoms with van der Waals surface area (Å²) in [7, 11) is 3.03. The minimum Gasteiger partial charge on any atom is -0.497 e. The molecule has 0 bridgehead atoms. The molecule has 7 heteroatoms. The molecule has 0 atom stereocenters. The number of hydrogen-bond acceptors (Lipinski definition) is 4. The summed E-state index contributed by atoms with van der Waals surface area (Å²) in [6.07, 6.45) is 1.47. The van der Waals surface area contributed by atoms with E-state index in [1.807, 2.05) is 0 Å². The van der Waals surface area contributed by atoms with E-state index in [1.54, 1.807) is 36.4 Å². The van der Waals surface area contributed by atoms with Crippen molar-refractivity contribution in [3.05, 3.63) is 57.6 Å². The number of nitrogens with zero attached hydrogens (tertiary/aromatic N) is 1. The fourth-order valence-electron chi connectivity index (χ4n) is 1.76. The molecule has 2 rings (SSSR count). The van der Waals surface area contributed by atoms with E-state index in [0.29, 0.717) is 32.7 Å². The van der Waals surface area contributed by atoms with E-state index in [-0.39, 0.29) is 0 Å². The summed E-state index contributed by atoms with van der Waals surface area (Å²) < 4.78 is 10.2. The van der Waals surface area contributed by atoms with Gasteiger partial charge in [0, 0.05) is 11.6 Å². The molecule has 0 saturated heterocycles. The van der Waals surface area contributed by atoms with Gasteiger partial charge in [0.15, 0.2) is 0 Å². The first-order chi connectivity index (χ1) is 11.0. The highest BCUT2D eigenvalue weighted by Gasteiger charge is 2.09. The molecule has 0 heterocycles. The molecule has 0 radical (unpaired) electrons. The van der Waals surface area contributed by atoms with Crippen molar-refractivity contribution in [2.24, 2.45) is 5.10 Å². The van der Waals surface area contributed by atoms with Gasteiger partial charge in [0.2, 0.25) is 0 Å². The fourth-order valence-corrected chi connectivity index (χ4v) is 2.07. The zero-order valence-corrected chi connectivity index (χ0v) is 14.0. The van der Waals surface area contributed by atoms with Gasteiger partial charge in [-0.05, 0) is 29.8 Å². The lowest BCUT2D eigenvalue weighted by Gasteiger charge is -2.07. The normalized spacial score (nSPS) is 10.6. The van der Waals surface area contributed by atoms with Crippen LogP contribution in [0.1, 0.15) is 15.9 Å². The first-order valence-electron chi connectivity index (χ1n) is 6.55. The van der Waals surface area contributed by atoms with Gasteiger partial charge in [-0.15, -0.1) is 0 Å². The van der Waals surface area contributed by atoms with Crippen molar-refractivity contribution in [3.8, 4) is 11.5 Å². The maximum atomic E-state index is 12.1. The van der Waals surface area contributed by atoms with Crippen LogP contribution in [0.5, 0.6) is 11.5 Å². The van der Waals surface area contributed by atoms with Crippen molar-refractivity contribution < 1.29 is 14.3 Å². The van der Waals surface area contributed by atoms with E-state index < -0.39 is 5.91 Å². The number of carbonyl (C=O) groups excluding carboxylic acids is 1. The number of rotatable bonds is 5. The first kappa shape index (κ1) is 17.1. The maximum Gasteiger partial charge on any atom is 0.271 e. The van der Waals surface area contributed by atoms with Crippen molar-refractivity contribution in [2.45, 2.75) is 0 Å². The summed E-state index contributed by atoms with van der Waals surface area (Å²) in [6.45, 7) is 0. The number of nitrogens with one attached hydrogen (secondary N) is 1. The molecule has 0 unspecified atom stereocenters. The average Bonchev–Trinajstić information content (AvgIpc) is 2.57. The Morgan fingerprint density at radius 2 is 1.70 bits per heavy atom. The van der Waals surface area contributed by atoms with E-state index in [0.717, 1.165) is 0 Å². The molecule has 0 aliphatic carbocycles. The SMILES string of the molecule is COc1cc(OC)cc(C(=O)N/N=C\c2ccc(Cl)c(Cl)c2)c1. The Kier molecular flexibility index (Phi) is 5.84. The van der Waals surface area contributed by atoms with Gasteiger partial charge < -0.3 is 9.47 Å². The molecule has 0 aromatic heterocycles. The van der Waals surface area contributed by atoms with E-state index >= 15 is 0 Å². The number of benzene rings is 2. The fraction of sp³-hybridized carbons (Fsp3) is 0.125. The van der Waals surface area contributed by atoms with E-state index in [9.17, 15) is 4.79 Å². The zero-order chi connectivity index (χ0) is 16.8. The Bertz CT molecular complexity index is 726. The van der Waals surface area contributed by atoms with Crippen LogP contribution in [0.2, 0.25) is 10.0 Å². The van der Waals surface area contributed by atoms with Crippen LogP contribution in [0.15, 0.2) is 41.5 Å². The third-order valence-corrected chi connectivity index (χ3v) is 3.68. The van der Waals surface area contributed by atoms with Crippen LogP contribution in [0.25, 0.3) is 0 Å². The van der Waals surface area contributed by atoms with E-state index in [4.69, 9.17) is 32.7 Å². The van der Waals surface area contributed by atoms with Crippen molar-refractivity contribution in [3.63, 3.8) is 0 Å². The zero-order valence-electron chi connectivity index (χ0n) is 12.5. The lowest BCUT2D eigenvalue weighted by Crippen LogP contribution is -2.17. The first-order valence-corrected chi connectivity index (χ1v) is 7.30. The number of hydrazone groups is 1. The molecule has 0 aliphatic rings.